The van der Waals surface area contributed by atoms with Crippen molar-refractivity contribution in [3.05, 3.63) is 59.8 Å². The molecule has 0 aliphatic rings. The molecule has 3 rings (SSSR count). The number of rotatable bonds is 3. The van der Waals surface area contributed by atoms with Crippen molar-refractivity contribution in [1.82, 2.24) is 9.78 Å². The fourth-order valence-corrected chi connectivity index (χ4v) is 2.20. The standard InChI is InChI=1S/C16H13N3O/c1-19-16-8-3-2-7-14(16)15(18-19)11-20-13-6-4-5-12(9-13)10-17/h2-9H,11H2,1H3. The molecule has 3 aromatic rings. The highest BCUT2D eigenvalue weighted by atomic mass is 16.5. The summed E-state index contributed by atoms with van der Waals surface area (Å²) in [5, 5.41) is 14.4. The van der Waals surface area contributed by atoms with Crippen LogP contribution in [0.5, 0.6) is 5.75 Å². The van der Waals surface area contributed by atoms with Gasteiger partial charge in [0.15, 0.2) is 0 Å². The van der Waals surface area contributed by atoms with Crippen molar-refractivity contribution in [2.24, 2.45) is 7.05 Å². The van der Waals surface area contributed by atoms with E-state index in [1.54, 1.807) is 12.1 Å². The van der Waals surface area contributed by atoms with E-state index in [9.17, 15) is 0 Å². The van der Waals surface area contributed by atoms with Gasteiger partial charge in [0.05, 0.1) is 17.1 Å². The van der Waals surface area contributed by atoms with Gasteiger partial charge in [-0.3, -0.25) is 4.68 Å². The van der Waals surface area contributed by atoms with E-state index < -0.39 is 0 Å². The molecule has 0 unspecified atom stereocenters. The van der Waals surface area contributed by atoms with Crippen LogP contribution < -0.4 is 4.74 Å². The van der Waals surface area contributed by atoms with Gasteiger partial charge in [-0.05, 0) is 24.3 Å². The number of hydrogen-bond acceptors (Lipinski definition) is 3. The average Bonchev–Trinajstić information content (AvgIpc) is 2.82. The fraction of sp³-hybridized carbons (Fsp3) is 0.125. The molecule has 0 saturated carbocycles. The maximum absolute atomic E-state index is 8.87. The van der Waals surface area contributed by atoms with E-state index in [1.165, 1.54) is 0 Å². The molecule has 0 saturated heterocycles. The number of nitriles is 1. The number of hydrogen-bond donors (Lipinski definition) is 0. The molecule has 4 heteroatoms. The summed E-state index contributed by atoms with van der Waals surface area (Å²) in [6.45, 7) is 0.385. The van der Waals surface area contributed by atoms with Crippen molar-refractivity contribution in [3.63, 3.8) is 0 Å². The first-order chi connectivity index (χ1) is 9.78. The van der Waals surface area contributed by atoms with Crippen molar-refractivity contribution >= 4 is 10.9 Å². The van der Waals surface area contributed by atoms with E-state index >= 15 is 0 Å². The zero-order chi connectivity index (χ0) is 13.9. The van der Waals surface area contributed by atoms with E-state index in [1.807, 2.05) is 48.1 Å². The summed E-state index contributed by atoms with van der Waals surface area (Å²) in [4.78, 5) is 0. The molecule has 98 valence electrons. The van der Waals surface area contributed by atoms with Crippen LogP contribution in [-0.2, 0) is 13.7 Å². The Kier molecular flexibility index (Phi) is 3.10. The molecule has 4 nitrogen and oxygen atoms in total. The number of para-hydroxylation sites is 1. The summed E-state index contributed by atoms with van der Waals surface area (Å²) in [6.07, 6.45) is 0. The number of fused-ring (bicyclic) bond motifs is 1. The Morgan fingerprint density at radius 1 is 1.20 bits per heavy atom. The van der Waals surface area contributed by atoms with Crippen LogP contribution in [-0.4, -0.2) is 9.78 Å². The molecule has 0 radical (unpaired) electrons. The van der Waals surface area contributed by atoms with Gasteiger partial charge in [-0.1, -0.05) is 24.3 Å². The van der Waals surface area contributed by atoms with E-state index in [0.29, 0.717) is 17.9 Å². The number of aryl methyl sites for hydroxylation is 1. The van der Waals surface area contributed by atoms with E-state index in [2.05, 4.69) is 11.2 Å². The van der Waals surface area contributed by atoms with Crippen molar-refractivity contribution < 1.29 is 4.74 Å². The maximum atomic E-state index is 8.87. The Bertz CT molecular complexity index is 799. The third kappa shape index (κ3) is 2.21. The minimum absolute atomic E-state index is 0.385. The average molecular weight is 263 g/mol. The predicted molar refractivity (Wildman–Crippen MR) is 76.2 cm³/mol. The Morgan fingerprint density at radius 2 is 2.05 bits per heavy atom. The fourth-order valence-electron chi connectivity index (χ4n) is 2.20. The zero-order valence-corrected chi connectivity index (χ0v) is 11.1. The second-order valence-electron chi connectivity index (χ2n) is 4.52. The second kappa shape index (κ2) is 5.06. The van der Waals surface area contributed by atoms with Gasteiger partial charge >= 0.3 is 0 Å². The molecule has 0 bridgehead atoms. The summed E-state index contributed by atoms with van der Waals surface area (Å²) >= 11 is 0. The first-order valence-corrected chi connectivity index (χ1v) is 6.31. The SMILES string of the molecule is Cn1nc(COc2cccc(C#N)c2)c2ccccc21. The summed E-state index contributed by atoms with van der Waals surface area (Å²) in [5.41, 5.74) is 2.57. The van der Waals surface area contributed by atoms with Crippen molar-refractivity contribution in [1.29, 1.82) is 5.26 Å². The van der Waals surface area contributed by atoms with Gasteiger partial charge in [-0.15, -0.1) is 0 Å². The van der Waals surface area contributed by atoms with Crippen molar-refractivity contribution in [3.8, 4) is 11.8 Å². The van der Waals surface area contributed by atoms with Gasteiger partial charge < -0.3 is 4.74 Å². The van der Waals surface area contributed by atoms with Crippen molar-refractivity contribution in [2.45, 2.75) is 6.61 Å². The molecule has 2 aromatic carbocycles. The van der Waals surface area contributed by atoms with Crippen LogP contribution in [0.1, 0.15) is 11.3 Å². The molecule has 0 amide bonds. The quantitative estimate of drug-likeness (QED) is 0.729. The molecule has 0 aliphatic heterocycles. The minimum Gasteiger partial charge on any atom is -0.487 e. The zero-order valence-electron chi connectivity index (χ0n) is 11.1. The van der Waals surface area contributed by atoms with Gasteiger partial charge in [-0.25, -0.2) is 0 Å². The number of nitrogens with zero attached hydrogens (tertiary/aromatic N) is 3. The summed E-state index contributed by atoms with van der Waals surface area (Å²) in [7, 11) is 1.92. The molecule has 20 heavy (non-hydrogen) atoms. The highest BCUT2D eigenvalue weighted by molar-refractivity contribution is 5.81. The van der Waals surface area contributed by atoms with Crippen LogP contribution in [0.2, 0.25) is 0 Å². The van der Waals surface area contributed by atoms with E-state index in [4.69, 9.17) is 10.00 Å². The van der Waals surface area contributed by atoms with Gasteiger partial charge in [0, 0.05) is 12.4 Å². The van der Waals surface area contributed by atoms with Crippen LogP contribution in [0, 0.1) is 11.3 Å². The smallest absolute Gasteiger partial charge is 0.133 e. The lowest BCUT2D eigenvalue weighted by Gasteiger charge is -2.04. The van der Waals surface area contributed by atoms with Gasteiger partial charge in [0.1, 0.15) is 18.1 Å². The monoisotopic (exact) mass is 263 g/mol. The minimum atomic E-state index is 0.385. The topological polar surface area (TPSA) is 50.8 Å². The molecule has 0 fully saturated rings. The lowest BCUT2D eigenvalue weighted by Crippen LogP contribution is -1.98. The highest BCUT2D eigenvalue weighted by Gasteiger charge is 2.08. The molecule has 1 aromatic heterocycles. The molecular weight excluding hydrogens is 250 g/mol. The molecule has 0 aliphatic carbocycles. The second-order valence-corrected chi connectivity index (χ2v) is 4.52. The Morgan fingerprint density at radius 3 is 2.90 bits per heavy atom. The van der Waals surface area contributed by atoms with Gasteiger partial charge in [0.2, 0.25) is 0 Å². The first-order valence-electron chi connectivity index (χ1n) is 6.31. The van der Waals surface area contributed by atoms with Crippen LogP contribution >= 0.6 is 0 Å². The molecule has 0 spiro atoms. The highest BCUT2D eigenvalue weighted by Crippen LogP contribution is 2.20. The lowest BCUT2D eigenvalue weighted by atomic mass is 10.2. The molecule has 1 heterocycles. The molecular formula is C16H13N3O. The third-order valence-corrected chi connectivity index (χ3v) is 3.17. The van der Waals surface area contributed by atoms with E-state index in [-0.39, 0.29) is 0 Å². The maximum Gasteiger partial charge on any atom is 0.133 e. The summed E-state index contributed by atoms with van der Waals surface area (Å²) in [6, 6.07) is 17.3. The first kappa shape index (κ1) is 12.2. The third-order valence-electron chi connectivity index (χ3n) is 3.17. The van der Waals surface area contributed by atoms with Crippen LogP contribution in [0.3, 0.4) is 0 Å². The van der Waals surface area contributed by atoms with Gasteiger partial charge in [0.25, 0.3) is 0 Å². The Labute approximate surface area is 116 Å². The van der Waals surface area contributed by atoms with Crippen LogP contribution in [0.25, 0.3) is 10.9 Å². The Balaban J connectivity index is 1.85. The lowest BCUT2D eigenvalue weighted by molar-refractivity contribution is 0.301. The van der Waals surface area contributed by atoms with Gasteiger partial charge in [-0.2, -0.15) is 10.4 Å². The van der Waals surface area contributed by atoms with Crippen molar-refractivity contribution in [2.75, 3.05) is 0 Å². The summed E-state index contributed by atoms with van der Waals surface area (Å²) in [5.74, 6) is 0.679. The number of ether oxygens (including phenoxy) is 1. The van der Waals surface area contributed by atoms with E-state index in [0.717, 1.165) is 16.6 Å². The largest absolute Gasteiger partial charge is 0.487 e. The normalized spacial score (nSPS) is 10.4. The predicted octanol–water partition coefficient (Wildman–Crippen LogP) is 3.02. The number of aromatic nitrogens is 2. The summed E-state index contributed by atoms with van der Waals surface area (Å²) < 4.78 is 7.58. The van der Waals surface area contributed by atoms with Crippen LogP contribution in [0.15, 0.2) is 48.5 Å². The Hall–Kier alpha value is -2.80. The molecule has 0 atom stereocenters. The number of benzene rings is 2. The molecule has 0 N–H and O–H groups in total. The van der Waals surface area contributed by atoms with Crippen LogP contribution in [0.4, 0.5) is 0 Å².